The summed E-state index contributed by atoms with van der Waals surface area (Å²) in [5, 5.41) is 17.4. The zero-order valence-electron chi connectivity index (χ0n) is 32.2. The van der Waals surface area contributed by atoms with Crippen LogP contribution in [0.3, 0.4) is 0 Å². The number of carbonyl (C=O) groups is 3. The van der Waals surface area contributed by atoms with Crippen LogP contribution >= 0.6 is 0 Å². The van der Waals surface area contributed by atoms with E-state index in [1.807, 2.05) is 4.90 Å². The van der Waals surface area contributed by atoms with Crippen molar-refractivity contribution in [1.82, 2.24) is 30.5 Å². The van der Waals surface area contributed by atoms with Gasteiger partial charge in [0.05, 0.1) is 40.7 Å². The zero-order valence-corrected chi connectivity index (χ0v) is 32.2. The van der Waals surface area contributed by atoms with Crippen molar-refractivity contribution >= 4 is 46.5 Å². The number of amides is 4. The maximum absolute atomic E-state index is 15.3. The van der Waals surface area contributed by atoms with Crippen LogP contribution in [0, 0.1) is 23.1 Å². The standard InChI is InChI=1S/C41H40F5N11O3/c42-32-20-28(57-14-12-36(58)53-40(57)60)7-9-34(32)55-17-15-54(16-18-55)26-5-2-25(3-6-26)50-39(59)30-8-10-35(51-37(30)43)52-38-29-11-13-56(22-33(29)48-23-49-38)27-4-1-24(21-47)31(19-27)41(44,45)46/h1,4,7-10,19-20,23,25-26H,2-3,5-6,11-18,22H2,(H,50,59)(H,53,58,60)(H,48,49,51,52). The van der Waals surface area contributed by atoms with Gasteiger partial charge in [-0.2, -0.15) is 22.8 Å². The van der Waals surface area contributed by atoms with Gasteiger partial charge in [-0.25, -0.2) is 24.1 Å². The van der Waals surface area contributed by atoms with Crippen molar-refractivity contribution in [3.05, 3.63) is 94.6 Å². The first-order valence-electron chi connectivity index (χ1n) is 19.7. The molecule has 4 aromatic rings. The number of anilines is 5. The quantitative estimate of drug-likeness (QED) is 0.149. The smallest absolute Gasteiger partial charge is 0.367 e. The molecule has 3 aliphatic heterocycles. The van der Waals surface area contributed by atoms with E-state index in [4.69, 9.17) is 5.26 Å². The van der Waals surface area contributed by atoms with Crippen molar-refractivity contribution in [2.24, 2.45) is 0 Å². The van der Waals surface area contributed by atoms with Crippen LogP contribution in [0.2, 0.25) is 0 Å². The highest BCUT2D eigenvalue weighted by atomic mass is 19.4. The number of halogens is 5. The maximum Gasteiger partial charge on any atom is 0.417 e. The third-order valence-electron chi connectivity index (χ3n) is 11.6. The summed E-state index contributed by atoms with van der Waals surface area (Å²) < 4.78 is 71.3. The van der Waals surface area contributed by atoms with Gasteiger partial charge in [-0.1, -0.05) is 0 Å². The molecule has 8 rings (SSSR count). The minimum absolute atomic E-state index is 0.111. The number of pyridine rings is 1. The number of nitriles is 1. The van der Waals surface area contributed by atoms with E-state index in [0.29, 0.717) is 79.1 Å². The second kappa shape index (κ2) is 16.7. The van der Waals surface area contributed by atoms with Gasteiger partial charge in [0, 0.05) is 74.7 Å². The highest BCUT2D eigenvalue weighted by Crippen LogP contribution is 2.36. The summed E-state index contributed by atoms with van der Waals surface area (Å²) in [6, 6.07) is 12.3. The molecule has 0 spiro atoms. The highest BCUT2D eigenvalue weighted by Gasteiger charge is 2.35. The number of fused-ring (bicyclic) bond motifs is 1. The number of aromatic nitrogens is 3. The molecule has 2 aromatic heterocycles. The van der Waals surface area contributed by atoms with Crippen molar-refractivity contribution in [2.45, 2.75) is 63.3 Å². The van der Waals surface area contributed by atoms with E-state index in [-0.39, 0.29) is 42.8 Å². The van der Waals surface area contributed by atoms with Crippen LogP contribution < -0.4 is 30.7 Å². The molecule has 0 unspecified atom stereocenters. The molecule has 4 amide bonds. The number of hydrogen-bond acceptors (Lipinski definition) is 11. The second-order valence-electron chi connectivity index (χ2n) is 15.2. The van der Waals surface area contributed by atoms with E-state index in [1.54, 1.807) is 23.1 Å². The van der Waals surface area contributed by atoms with Gasteiger partial charge in [-0.15, -0.1) is 0 Å². The molecule has 2 saturated heterocycles. The first kappa shape index (κ1) is 40.4. The van der Waals surface area contributed by atoms with Crippen LogP contribution in [0.4, 0.5) is 55.4 Å². The molecule has 312 valence electrons. The molecule has 0 radical (unpaired) electrons. The van der Waals surface area contributed by atoms with E-state index in [1.165, 1.54) is 35.5 Å². The van der Waals surface area contributed by atoms with Crippen LogP contribution in [0.5, 0.6) is 0 Å². The topological polar surface area (TPSA) is 163 Å². The van der Waals surface area contributed by atoms with Gasteiger partial charge in [0.1, 0.15) is 23.8 Å². The molecular weight excluding hydrogens is 790 g/mol. The van der Waals surface area contributed by atoms with Gasteiger partial charge in [0.2, 0.25) is 11.9 Å². The molecule has 1 saturated carbocycles. The van der Waals surface area contributed by atoms with Gasteiger partial charge in [0.25, 0.3) is 5.91 Å². The van der Waals surface area contributed by atoms with Crippen molar-refractivity contribution in [1.29, 1.82) is 5.26 Å². The van der Waals surface area contributed by atoms with E-state index in [0.717, 1.165) is 38.1 Å². The van der Waals surface area contributed by atoms with Crippen LogP contribution in [-0.2, 0) is 23.9 Å². The van der Waals surface area contributed by atoms with Crippen LogP contribution in [0.25, 0.3) is 0 Å². The molecule has 3 N–H and O–H groups in total. The molecular formula is C41H40F5N11O3. The lowest BCUT2D eigenvalue weighted by molar-refractivity contribution is -0.137. The highest BCUT2D eigenvalue weighted by molar-refractivity contribution is 6.05. The van der Waals surface area contributed by atoms with Crippen LogP contribution in [0.15, 0.2) is 54.9 Å². The monoisotopic (exact) mass is 829 g/mol. The summed E-state index contributed by atoms with van der Waals surface area (Å²) in [4.78, 5) is 56.9. The summed E-state index contributed by atoms with van der Waals surface area (Å²) in [6.45, 7) is 3.42. The second-order valence-corrected chi connectivity index (χ2v) is 15.2. The van der Waals surface area contributed by atoms with Gasteiger partial charge < -0.3 is 20.4 Å². The predicted molar refractivity (Wildman–Crippen MR) is 210 cm³/mol. The fourth-order valence-corrected chi connectivity index (χ4v) is 8.45. The van der Waals surface area contributed by atoms with Gasteiger partial charge in [-0.05, 0) is 80.6 Å². The largest absolute Gasteiger partial charge is 0.417 e. The minimum atomic E-state index is -4.68. The van der Waals surface area contributed by atoms with E-state index in [9.17, 15) is 27.6 Å². The number of nitrogens with one attached hydrogen (secondary N) is 3. The average Bonchev–Trinajstić information content (AvgIpc) is 3.23. The predicted octanol–water partition coefficient (Wildman–Crippen LogP) is 5.66. The van der Waals surface area contributed by atoms with Crippen molar-refractivity contribution in [2.75, 3.05) is 59.3 Å². The number of carbonyl (C=O) groups excluding carboxylic acids is 3. The first-order valence-corrected chi connectivity index (χ1v) is 19.7. The lowest BCUT2D eigenvalue weighted by Crippen LogP contribution is -2.52. The Morgan fingerprint density at radius 3 is 2.33 bits per heavy atom. The fraction of sp³-hybridized carbons (Fsp3) is 0.390. The number of hydrogen-bond donors (Lipinski definition) is 3. The molecule has 19 heteroatoms. The summed E-state index contributed by atoms with van der Waals surface area (Å²) in [6.07, 6.45) is 0.221. The Morgan fingerprint density at radius 2 is 1.63 bits per heavy atom. The Bertz CT molecular complexity index is 2360. The Kier molecular flexibility index (Phi) is 11.2. The van der Waals surface area contributed by atoms with Gasteiger partial charge in [0.15, 0.2) is 0 Å². The van der Waals surface area contributed by atoms with Gasteiger partial charge in [-0.3, -0.25) is 24.7 Å². The summed E-state index contributed by atoms with van der Waals surface area (Å²) in [7, 11) is 0. The molecule has 4 aliphatic rings. The molecule has 14 nitrogen and oxygen atoms in total. The number of imide groups is 1. The van der Waals surface area contributed by atoms with E-state index < -0.39 is 41.0 Å². The Labute approximate surface area is 341 Å². The summed E-state index contributed by atoms with van der Waals surface area (Å²) >= 11 is 0. The van der Waals surface area contributed by atoms with E-state index >= 15 is 8.78 Å². The molecule has 0 atom stereocenters. The molecule has 5 heterocycles. The summed E-state index contributed by atoms with van der Waals surface area (Å²) in [5.41, 5.74) is 0.754. The van der Waals surface area contributed by atoms with Crippen LogP contribution in [-0.4, -0.2) is 89.0 Å². The number of urea groups is 1. The third kappa shape index (κ3) is 8.50. The lowest BCUT2D eigenvalue weighted by Gasteiger charge is -2.42. The normalized spacial score (nSPS) is 20.0. The maximum atomic E-state index is 15.3. The zero-order chi connectivity index (χ0) is 42.1. The van der Waals surface area contributed by atoms with E-state index in [2.05, 4.69) is 35.8 Å². The van der Waals surface area contributed by atoms with Crippen molar-refractivity contribution in [3.8, 4) is 6.07 Å². The average molecular weight is 830 g/mol. The van der Waals surface area contributed by atoms with Gasteiger partial charge >= 0.3 is 12.2 Å². The molecule has 3 fully saturated rings. The number of rotatable bonds is 8. The molecule has 1 aliphatic carbocycles. The Hall–Kier alpha value is -6.42. The first-order chi connectivity index (χ1) is 28.8. The Morgan fingerprint density at radius 1 is 0.867 bits per heavy atom. The number of piperazine rings is 1. The summed E-state index contributed by atoms with van der Waals surface area (Å²) in [5.74, 6) is -1.84. The minimum Gasteiger partial charge on any atom is -0.367 e. The number of alkyl halides is 3. The van der Waals surface area contributed by atoms with Crippen molar-refractivity contribution in [3.63, 3.8) is 0 Å². The lowest BCUT2D eigenvalue weighted by atomic mass is 9.89. The third-order valence-corrected chi connectivity index (χ3v) is 11.6. The Balaban J connectivity index is 0.814. The fourth-order valence-electron chi connectivity index (χ4n) is 8.45. The molecule has 2 aromatic carbocycles. The molecule has 0 bridgehead atoms. The van der Waals surface area contributed by atoms with Crippen LogP contribution in [0.1, 0.15) is 64.8 Å². The SMILES string of the molecule is N#Cc1ccc(N2CCc3c(ncnc3Nc3ccc(C(=O)NC4CCC(N5CCN(c6ccc(N7CCC(=O)NC7=O)cc6F)CC5)CC4)c(F)n3)C2)cc1C(F)(F)F. The van der Waals surface area contributed by atoms with Crippen molar-refractivity contribution < 1.29 is 36.3 Å². The number of benzene rings is 2. The number of nitrogens with zero attached hydrogens (tertiary/aromatic N) is 8. The molecule has 60 heavy (non-hydrogen) atoms.